The van der Waals surface area contributed by atoms with Crippen molar-refractivity contribution in [2.75, 3.05) is 18.0 Å². The summed E-state index contributed by atoms with van der Waals surface area (Å²) < 4.78 is 35.1. The average molecular weight is 586 g/mol. The second-order valence-corrected chi connectivity index (χ2v) is 11.2. The number of nitrogens with one attached hydrogen (secondary N) is 1. The van der Waals surface area contributed by atoms with Gasteiger partial charge in [-0.2, -0.15) is 5.10 Å². The zero-order chi connectivity index (χ0) is 28.2. The summed E-state index contributed by atoms with van der Waals surface area (Å²) in [7, 11) is -2.57. The van der Waals surface area contributed by atoms with Gasteiger partial charge in [0.05, 0.1) is 39.6 Å². The number of hydrogen-bond acceptors (Lipinski definition) is 5. The number of halogens is 2. The summed E-state index contributed by atoms with van der Waals surface area (Å²) in [6.07, 6.45) is 1.50. The number of sulfonamides is 1. The van der Waals surface area contributed by atoms with Gasteiger partial charge in [-0.3, -0.25) is 9.10 Å². The minimum absolute atomic E-state index is 0.0237. The zero-order valence-electron chi connectivity index (χ0n) is 21.4. The molecule has 0 spiro atoms. The molecule has 0 bridgehead atoms. The third-order valence-electron chi connectivity index (χ3n) is 6.01. The maximum atomic E-state index is 13.5. The van der Waals surface area contributed by atoms with Crippen LogP contribution in [-0.4, -0.2) is 38.8 Å². The lowest BCUT2D eigenvalue weighted by Crippen LogP contribution is -2.39. The van der Waals surface area contributed by atoms with Crippen molar-refractivity contribution in [3.63, 3.8) is 0 Å². The van der Waals surface area contributed by atoms with Crippen LogP contribution in [0.2, 0.25) is 10.0 Å². The summed E-state index contributed by atoms with van der Waals surface area (Å²) in [4.78, 5) is 12.9. The first-order valence-electron chi connectivity index (χ1n) is 11.8. The number of hydrazone groups is 1. The van der Waals surface area contributed by atoms with Gasteiger partial charge in [-0.1, -0.05) is 47.5 Å². The molecule has 0 radical (unpaired) electrons. The van der Waals surface area contributed by atoms with Crippen LogP contribution in [0.25, 0.3) is 5.69 Å². The Balaban J connectivity index is 1.55. The third kappa shape index (κ3) is 6.11. The van der Waals surface area contributed by atoms with Crippen molar-refractivity contribution in [3.8, 4) is 11.4 Å². The number of benzene rings is 3. The average Bonchev–Trinajstić information content (AvgIpc) is 3.21. The molecule has 1 aromatic heterocycles. The smallest absolute Gasteiger partial charge is 0.264 e. The number of ether oxygens (including phenoxy) is 1. The highest BCUT2D eigenvalue weighted by Crippen LogP contribution is 2.31. The third-order valence-corrected chi connectivity index (χ3v) is 8.61. The number of para-hydroxylation sites is 1. The number of amides is 1. The standard InChI is InChI=1S/C28H26Cl2N4O4S/c1-19-16-21(20(2)34(19)26-11-7-10-25(29)28(26)30)17-31-32-27(35)18-33(22-8-5-4-6-9-22)39(36,37)24-14-12-23(38-3)13-15-24/h4-17H,18H2,1-3H3,(H,32,35)/b31-17+. The molecular formula is C28H26Cl2N4O4S. The van der Waals surface area contributed by atoms with Crippen molar-refractivity contribution in [1.29, 1.82) is 0 Å². The van der Waals surface area contributed by atoms with Crippen molar-refractivity contribution >= 4 is 51.0 Å². The molecule has 0 aliphatic heterocycles. The van der Waals surface area contributed by atoms with Crippen LogP contribution in [-0.2, 0) is 14.8 Å². The van der Waals surface area contributed by atoms with Crippen molar-refractivity contribution in [1.82, 2.24) is 9.99 Å². The summed E-state index contributed by atoms with van der Waals surface area (Å²) >= 11 is 12.6. The van der Waals surface area contributed by atoms with Gasteiger partial charge < -0.3 is 9.30 Å². The van der Waals surface area contributed by atoms with Gasteiger partial charge in [-0.25, -0.2) is 13.8 Å². The van der Waals surface area contributed by atoms with Crippen LogP contribution in [0.3, 0.4) is 0 Å². The lowest BCUT2D eigenvalue weighted by atomic mass is 10.2. The number of rotatable bonds is 9. The minimum atomic E-state index is -4.06. The maximum absolute atomic E-state index is 13.5. The minimum Gasteiger partial charge on any atom is -0.497 e. The van der Waals surface area contributed by atoms with E-state index in [9.17, 15) is 13.2 Å². The number of carbonyl (C=O) groups is 1. The predicted octanol–water partition coefficient (Wildman–Crippen LogP) is 5.76. The Kier molecular flexibility index (Phi) is 8.64. The zero-order valence-corrected chi connectivity index (χ0v) is 23.8. The highest BCUT2D eigenvalue weighted by molar-refractivity contribution is 7.92. The van der Waals surface area contributed by atoms with E-state index in [0.717, 1.165) is 26.9 Å². The first-order chi connectivity index (χ1) is 18.6. The molecule has 0 aliphatic carbocycles. The van der Waals surface area contributed by atoms with Crippen LogP contribution < -0.4 is 14.5 Å². The molecular weight excluding hydrogens is 559 g/mol. The lowest BCUT2D eigenvalue weighted by molar-refractivity contribution is -0.119. The van der Waals surface area contributed by atoms with E-state index in [1.54, 1.807) is 48.5 Å². The normalized spacial score (nSPS) is 11.5. The topological polar surface area (TPSA) is 93.0 Å². The molecule has 4 aromatic rings. The van der Waals surface area contributed by atoms with Crippen LogP contribution in [0, 0.1) is 13.8 Å². The SMILES string of the molecule is COc1ccc(S(=O)(=O)N(CC(=O)N/N=C/c2cc(C)n(-c3cccc(Cl)c3Cl)c2C)c2ccccc2)cc1. The summed E-state index contributed by atoms with van der Waals surface area (Å²) in [6.45, 7) is 3.33. The van der Waals surface area contributed by atoms with E-state index < -0.39 is 22.5 Å². The van der Waals surface area contributed by atoms with Gasteiger partial charge in [0.15, 0.2) is 0 Å². The molecule has 3 aromatic carbocycles. The fourth-order valence-electron chi connectivity index (χ4n) is 4.08. The van der Waals surface area contributed by atoms with E-state index >= 15 is 0 Å². The summed E-state index contributed by atoms with van der Waals surface area (Å²) in [5.74, 6) is -0.0943. The van der Waals surface area contributed by atoms with Gasteiger partial charge in [-0.05, 0) is 68.4 Å². The quantitative estimate of drug-likeness (QED) is 0.200. The van der Waals surface area contributed by atoms with Crippen molar-refractivity contribution in [2.24, 2.45) is 5.10 Å². The van der Waals surface area contributed by atoms with E-state index in [2.05, 4.69) is 10.5 Å². The van der Waals surface area contributed by atoms with Crippen molar-refractivity contribution in [3.05, 3.63) is 106 Å². The van der Waals surface area contributed by atoms with Gasteiger partial charge >= 0.3 is 0 Å². The number of anilines is 1. The predicted molar refractivity (Wildman–Crippen MR) is 155 cm³/mol. The number of hydrogen-bond donors (Lipinski definition) is 1. The molecule has 4 rings (SSSR count). The Labute approximate surface area is 237 Å². The highest BCUT2D eigenvalue weighted by Gasteiger charge is 2.27. The number of methoxy groups -OCH3 is 1. The van der Waals surface area contributed by atoms with Crippen LogP contribution in [0.1, 0.15) is 17.0 Å². The van der Waals surface area contributed by atoms with E-state index in [-0.39, 0.29) is 4.90 Å². The molecule has 1 N–H and O–H groups in total. The molecule has 0 aliphatic rings. The molecule has 1 amide bonds. The van der Waals surface area contributed by atoms with Gasteiger partial charge in [0.1, 0.15) is 12.3 Å². The van der Waals surface area contributed by atoms with Crippen molar-refractivity contribution < 1.29 is 17.9 Å². The molecule has 202 valence electrons. The Morgan fingerprint density at radius 2 is 1.72 bits per heavy atom. The molecule has 0 saturated heterocycles. The Morgan fingerprint density at radius 1 is 1.03 bits per heavy atom. The fourth-order valence-corrected chi connectivity index (χ4v) is 5.88. The monoisotopic (exact) mass is 584 g/mol. The van der Waals surface area contributed by atoms with Gasteiger partial charge in [0, 0.05) is 17.0 Å². The molecule has 11 heteroatoms. The van der Waals surface area contributed by atoms with E-state index in [4.69, 9.17) is 27.9 Å². The fraction of sp³-hybridized carbons (Fsp3) is 0.143. The van der Waals surface area contributed by atoms with Crippen LogP contribution in [0.5, 0.6) is 5.75 Å². The first kappa shape index (κ1) is 28.2. The van der Waals surface area contributed by atoms with Crippen LogP contribution in [0.15, 0.2) is 88.9 Å². The largest absolute Gasteiger partial charge is 0.497 e. The first-order valence-corrected chi connectivity index (χ1v) is 14.0. The Bertz CT molecular complexity index is 1620. The van der Waals surface area contributed by atoms with E-state index in [0.29, 0.717) is 21.5 Å². The molecule has 0 saturated carbocycles. The lowest BCUT2D eigenvalue weighted by Gasteiger charge is -2.23. The Hall–Kier alpha value is -3.79. The number of nitrogens with zero attached hydrogens (tertiary/aromatic N) is 3. The molecule has 1 heterocycles. The maximum Gasteiger partial charge on any atom is 0.264 e. The molecule has 0 atom stereocenters. The van der Waals surface area contributed by atoms with Gasteiger partial charge in [-0.15, -0.1) is 0 Å². The second-order valence-electron chi connectivity index (χ2n) is 8.55. The molecule has 8 nitrogen and oxygen atoms in total. The van der Waals surface area contributed by atoms with Crippen LogP contribution >= 0.6 is 23.2 Å². The second kappa shape index (κ2) is 11.9. The number of aryl methyl sites for hydroxylation is 1. The summed E-state index contributed by atoms with van der Waals surface area (Å²) in [6, 6.07) is 21.6. The number of aromatic nitrogens is 1. The molecule has 0 unspecified atom stereocenters. The number of carbonyl (C=O) groups excluding carboxylic acids is 1. The van der Waals surface area contributed by atoms with E-state index in [1.807, 2.05) is 36.6 Å². The van der Waals surface area contributed by atoms with Crippen molar-refractivity contribution in [2.45, 2.75) is 18.7 Å². The molecule has 0 fully saturated rings. The molecule has 39 heavy (non-hydrogen) atoms. The highest BCUT2D eigenvalue weighted by atomic mass is 35.5. The Morgan fingerprint density at radius 3 is 2.38 bits per heavy atom. The van der Waals surface area contributed by atoms with E-state index in [1.165, 1.54) is 25.5 Å². The van der Waals surface area contributed by atoms with Gasteiger partial charge in [0.2, 0.25) is 0 Å². The summed E-state index contributed by atoms with van der Waals surface area (Å²) in [5.41, 5.74) is 5.98. The summed E-state index contributed by atoms with van der Waals surface area (Å²) in [5, 5.41) is 4.95. The van der Waals surface area contributed by atoms with Crippen LogP contribution in [0.4, 0.5) is 5.69 Å². The van der Waals surface area contributed by atoms with Gasteiger partial charge in [0.25, 0.3) is 15.9 Å².